The van der Waals surface area contributed by atoms with E-state index in [0.29, 0.717) is 31.7 Å². The number of rotatable bonds is 5. The first-order chi connectivity index (χ1) is 15.4. The van der Waals surface area contributed by atoms with Crippen LogP contribution in [0.25, 0.3) is 0 Å². The minimum Gasteiger partial charge on any atom is -0.336 e. The zero-order valence-electron chi connectivity index (χ0n) is 18.9. The molecule has 0 aliphatic carbocycles. The van der Waals surface area contributed by atoms with Gasteiger partial charge >= 0.3 is 0 Å². The summed E-state index contributed by atoms with van der Waals surface area (Å²) in [6.07, 6.45) is 3.93. The largest absolute Gasteiger partial charge is 0.336 e. The molecule has 32 heavy (non-hydrogen) atoms. The molecule has 0 N–H and O–H groups in total. The van der Waals surface area contributed by atoms with Gasteiger partial charge in [0.15, 0.2) is 0 Å². The van der Waals surface area contributed by atoms with Crippen molar-refractivity contribution in [3.8, 4) is 0 Å². The number of nitrogens with zero attached hydrogens (tertiary/aromatic N) is 3. The van der Waals surface area contributed by atoms with Crippen LogP contribution in [-0.4, -0.2) is 67.7 Å². The highest BCUT2D eigenvalue weighted by Gasteiger charge is 2.27. The number of carbonyl (C=O) groups is 1. The highest BCUT2D eigenvalue weighted by molar-refractivity contribution is 7.89. The summed E-state index contributed by atoms with van der Waals surface area (Å²) >= 11 is 0. The molecular formula is C25H33N3O3S. The Bertz CT molecular complexity index is 1040. The van der Waals surface area contributed by atoms with Gasteiger partial charge in [-0.2, -0.15) is 4.31 Å². The van der Waals surface area contributed by atoms with Gasteiger partial charge in [-0.25, -0.2) is 8.42 Å². The Labute approximate surface area is 191 Å². The third-order valence-electron chi connectivity index (χ3n) is 6.60. The predicted molar refractivity (Wildman–Crippen MR) is 126 cm³/mol. The van der Waals surface area contributed by atoms with Gasteiger partial charge in [0.05, 0.1) is 4.90 Å². The van der Waals surface area contributed by atoms with Gasteiger partial charge in [-0.05, 0) is 49.1 Å². The van der Waals surface area contributed by atoms with Crippen LogP contribution in [0.15, 0.2) is 53.4 Å². The van der Waals surface area contributed by atoms with Crippen molar-refractivity contribution < 1.29 is 13.2 Å². The lowest BCUT2D eigenvalue weighted by molar-refractivity contribution is 0.0628. The molecule has 6 nitrogen and oxygen atoms in total. The van der Waals surface area contributed by atoms with Crippen molar-refractivity contribution in [1.29, 1.82) is 0 Å². The normalized spacial score (nSPS) is 19.0. The highest BCUT2D eigenvalue weighted by Crippen LogP contribution is 2.22. The molecule has 0 bridgehead atoms. The maximum absolute atomic E-state index is 13.1. The molecule has 2 aliphatic heterocycles. The Hall–Kier alpha value is -2.22. The zero-order valence-corrected chi connectivity index (χ0v) is 19.7. The molecule has 0 unspecified atom stereocenters. The Morgan fingerprint density at radius 1 is 0.844 bits per heavy atom. The van der Waals surface area contributed by atoms with Crippen molar-refractivity contribution in [3.63, 3.8) is 0 Å². The molecule has 0 radical (unpaired) electrons. The van der Waals surface area contributed by atoms with Gasteiger partial charge in [0.2, 0.25) is 10.0 Å². The average molecular weight is 456 g/mol. The molecule has 2 saturated heterocycles. The van der Waals surface area contributed by atoms with Gasteiger partial charge in [-0.3, -0.25) is 9.69 Å². The standard InChI is InChI=1S/C25H33N3O3S/c1-21-9-4-5-10-23(21)20-26-15-17-27(18-16-26)25(29)22-11-8-12-24(19-22)32(30,31)28-13-6-2-3-7-14-28/h4-5,8-12,19H,2-3,6-7,13-18,20H2,1H3. The summed E-state index contributed by atoms with van der Waals surface area (Å²) in [5.41, 5.74) is 3.06. The van der Waals surface area contributed by atoms with Gasteiger partial charge in [-0.15, -0.1) is 0 Å². The van der Waals surface area contributed by atoms with E-state index in [1.54, 1.807) is 28.6 Å². The van der Waals surface area contributed by atoms with Crippen molar-refractivity contribution in [3.05, 3.63) is 65.2 Å². The SMILES string of the molecule is Cc1ccccc1CN1CCN(C(=O)c2cccc(S(=O)(=O)N3CCCCCC3)c2)CC1. The molecule has 4 rings (SSSR count). The Kier molecular flexibility index (Phi) is 7.28. The van der Waals surface area contributed by atoms with E-state index in [2.05, 4.69) is 36.1 Å². The van der Waals surface area contributed by atoms with Crippen LogP contribution < -0.4 is 0 Å². The van der Waals surface area contributed by atoms with E-state index in [1.165, 1.54) is 11.1 Å². The van der Waals surface area contributed by atoms with Crippen LogP contribution >= 0.6 is 0 Å². The minimum atomic E-state index is -3.57. The van der Waals surface area contributed by atoms with Gasteiger partial charge in [0.25, 0.3) is 5.91 Å². The lowest BCUT2D eigenvalue weighted by Gasteiger charge is -2.35. The molecule has 7 heteroatoms. The number of aryl methyl sites for hydroxylation is 1. The van der Waals surface area contributed by atoms with Crippen LogP contribution in [0.5, 0.6) is 0 Å². The number of carbonyl (C=O) groups excluding carboxylic acids is 1. The molecular weight excluding hydrogens is 422 g/mol. The first kappa shape index (κ1) is 23.0. The van der Waals surface area contributed by atoms with Crippen molar-refractivity contribution in [2.75, 3.05) is 39.3 Å². The molecule has 2 aromatic carbocycles. The summed E-state index contributed by atoms with van der Waals surface area (Å²) in [6.45, 7) is 7.05. The maximum atomic E-state index is 13.1. The first-order valence-corrected chi connectivity index (χ1v) is 13.1. The van der Waals surface area contributed by atoms with Crippen LogP contribution in [0, 0.1) is 6.92 Å². The molecule has 0 saturated carbocycles. The lowest BCUT2D eigenvalue weighted by Crippen LogP contribution is -2.48. The molecule has 0 spiro atoms. The summed E-state index contributed by atoms with van der Waals surface area (Å²) < 4.78 is 27.8. The van der Waals surface area contributed by atoms with E-state index in [4.69, 9.17) is 0 Å². The number of hydrogen-bond donors (Lipinski definition) is 0. The molecule has 2 aromatic rings. The number of amides is 1. The van der Waals surface area contributed by atoms with Crippen LogP contribution in [0.2, 0.25) is 0 Å². The minimum absolute atomic E-state index is 0.0894. The van der Waals surface area contributed by atoms with Gasteiger partial charge in [0.1, 0.15) is 0 Å². The molecule has 1 amide bonds. The fourth-order valence-corrected chi connectivity index (χ4v) is 6.10. The zero-order chi connectivity index (χ0) is 22.6. The maximum Gasteiger partial charge on any atom is 0.253 e. The van der Waals surface area contributed by atoms with E-state index < -0.39 is 10.0 Å². The average Bonchev–Trinajstić information content (AvgIpc) is 3.11. The molecule has 0 atom stereocenters. The second-order valence-corrected chi connectivity index (χ2v) is 10.8. The predicted octanol–water partition coefficient (Wildman–Crippen LogP) is 3.52. The quantitative estimate of drug-likeness (QED) is 0.692. The molecule has 2 aliphatic rings. The summed E-state index contributed by atoms with van der Waals surface area (Å²) in [4.78, 5) is 17.6. The third kappa shape index (κ3) is 5.22. The van der Waals surface area contributed by atoms with Crippen molar-refractivity contribution in [2.24, 2.45) is 0 Å². The van der Waals surface area contributed by atoms with Gasteiger partial charge < -0.3 is 4.90 Å². The fourth-order valence-electron chi connectivity index (χ4n) is 4.54. The Balaban J connectivity index is 1.40. The third-order valence-corrected chi connectivity index (χ3v) is 8.49. The molecule has 2 fully saturated rings. The number of piperazine rings is 1. The van der Waals surface area contributed by atoms with Crippen LogP contribution in [0.4, 0.5) is 0 Å². The summed E-state index contributed by atoms with van der Waals surface area (Å²) in [5.74, 6) is -0.0894. The second kappa shape index (κ2) is 10.1. The number of hydrogen-bond acceptors (Lipinski definition) is 4. The number of benzene rings is 2. The topological polar surface area (TPSA) is 60.9 Å². The Morgan fingerprint density at radius 3 is 2.22 bits per heavy atom. The van der Waals surface area contributed by atoms with E-state index >= 15 is 0 Å². The van der Waals surface area contributed by atoms with Crippen molar-refractivity contribution in [2.45, 2.75) is 44.0 Å². The van der Waals surface area contributed by atoms with Crippen LogP contribution in [-0.2, 0) is 16.6 Å². The van der Waals surface area contributed by atoms with Crippen molar-refractivity contribution >= 4 is 15.9 Å². The Morgan fingerprint density at radius 2 is 1.53 bits per heavy atom. The smallest absolute Gasteiger partial charge is 0.253 e. The number of sulfonamides is 1. The summed E-state index contributed by atoms with van der Waals surface area (Å²) in [7, 11) is -3.57. The molecule has 172 valence electrons. The summed E-state index contributed by atoms with van der Waals surface area (Å²) in [5, 5.41) is 0. The molecule has 0 aromatic heterocycles. The van der Waals surface area contributed by atoms with Crippen molar-refractivity contribution in [1.82, 2.24) is 14.1 Å². The fraction of sp³-hybridized carbons (Fsp3) is 0.480. The molecule has 2 heterocycles. The highest BCUT2D eigenvalue weighted by atomic mass is 32.2. The lowest BCUT2D eigenvalue weighted by atomic mass is 10.1. The van der Waals surface area contributed by atoms with Gasteiger partial charge in [-0.1, -0.05) is 43.2 Å². The second-order valence-electron chi connectivity index (χ2n) is 8.84. The van der Waals surface area contributed by atoms with E-state index in [1.807, 2.05) is 4.90 Å². The van der Waals surface area contributed by atoms with E-state index in [9.17, 15) is 13.2 Å². The van der Waals surface area contributed by atoms with E-state index in [-0.39, 0.29) is 10.8 Å². The van der Waals surface area contributed by atoms with Gasteiger partial charge in [0, 0.05) is 51.4 Å². The van der Waals surface area contributed by atoms with Crippen LogP contribution in [0.3, 0.4) is 0 Å². The first-order valence-electron chi connectivity index (χ1n) is 11.6. The monoisotopic (exact) mass is 455 g/mol. The van der Waals surface area contributed by atoms with E-state index in [0.717, 1.165) is 45.3 Å². The summed E-state index contributed by atoms with van der Waals surface area (Å²) in [6, 6.07) is 15.0. The van der Waals surface area contributed by atoms with Crippen LogP contribution in [0.1, 0.15) is 47.2 Å².